The van der Waals surface area contributed by atoms with Crippen LogP contribution in [-0.2, 0) is 6.54 Å². The lowest BCUT2D eigenvalue weighted by atomic mass is 9.94. The van der Waals surface area contributed by atoms with Crippen LogP contribution in [0, 0.1) is 17.6 Å². The highest BCUT2D eigenvalue weighted by Gasteiger charge is 2.32. The van der Waals surface area contributed by atoms with Crippen LogP contribution >= 0.6 is 0 Å². The van der Waals surface area contributed by atoms with E-state index in [0.29, 0.717) is 29.8 Å². The van der Waals surface area contributed by atoms with Crippen molar-refractivity contribution in [2.75, 3.05) is 26.7 Å². The van der Waals surface area contributed by atoms with E-state index in [1.54, 1.807) is 0 Å². The number of methoxy groups -OCH3 is 1. The van der Waals surface area contributed by atoms with Crippen molar-refractivity contribution in [2.24, 2.45) is 5.92 Å². The minimum absolute atomic E-state index is 0.333. The molecule has 0 spiro atoms. The van der Waals surface area contributed by atoms with E-state index in [1.165, 1.54) is 19.6 Å². The fourth-order valence-corrected chi connectivity index (χ4v) is 3.34. The van der Waals surface area contributed by atoms with Crippen molar-refractivity contribution in [3.05, 3.63) is 29.3 Å². The van der Waals surface area contributed by atoms with E-state index < -0.39 is 11.6 Å². The van der Waals surface area contributed by atoms with Gasteiger partial charge in [0.05, 0.1) is 7.11 Å². The van der Waals surface area contributed by atoms with Crippen LogP contribution in [0.15, 0.2) is 12.1 Å². The van der Waals surface area contributed by atoms with Crippen molar-refractivity contribution in [1.82, 2.24) is 10.2 Å². The fraction of sp³-hybridized carbons (Fsp3) is 0.600. The van der Waals surface area contributed by atoms with Gasteiger partial charge < -0.3 is 10.1 Å². The second kappa shape index (κ2) is 5.66. The van der Waals surface area contributed by atoms with Crippen molar-refractivity contribution in [1.29, 1.82) is 0 Å². The molecule has 0 amide bonds. The van der Waals surface area contributed by atoms with Crippen LogP contribution in [0.5, 0.6) is 5.75 Å². The largest absolute Gasteiger partial charge is 0.496 e. The molecule has 4 rings (SSSR count). The van der Waals surface area contributed by atoms with Crippen molar-refractivity contribution in [3.8, 4) is 5.75 Å². The van der Waals surface area contributed by atoms with Crippen LogP contribution in [0.2, 0.25) is 0 Å². The molecule has 20 heavy (non-hydrogen) atoms. The number of rotatable bonds is 3. The summed E-state index contributed by atoms with van der Waals surface area (Å²) >= 11 is 0. The van der Waals surface area contributed by atoms with Gasteiger partial charge >= 0.3 is 0 Å². The van der Waals surface area contributed by atoms with Crippen molar-refractivity contribution in [3.63, 3.8) is 0 Å². The molecular formula is C15H20F2N2O. The molecule has 110 valence electrons. The zero-order chi connectivity index (χ0) is 14.1. The lowest BCUT2D eigenvalue weighted by Crippen LogP contribution is -2.43. The maximum absolute atomic E-state index is 14.1. The summed E-state index contributed by atoms with van der Waals surface area (Å²) in [4.78, 5) is 2.26. The predicted octanol–water partition coefficient (Wildman–Crippen LogP) is 2.16. The average molecular weight is 282 g/mol. The molecule has 0 radical (unpaired) electrons. The Hall–Kier alpha value is -1.20. The van der Waals surface area contributed by atoms with Gasteiger partial charge in [0.25, 0.3) is 0 Å². The third-order valence-electron chi connectivity index (χ3n) is 4.46. The second-order valence-corrected chi connectivity index (χ2v) is 5.73. The Kier molecular flexibility index (Phi) is 3.89. The number of hydrogen-bond donors (Lipinski definition) is 1. The van der Waals surface area contributed by atoms with Gasteiger partial charge in [-0.15, -0.1) is 0 Å². The number of benzene rings is 1. The van der Waals surface area contributed by atoms with Crippen LogP contribution in [0.4, 0.5) is 8.78 Å². The Morgan fingerprint density at radius 3 is 2.95 bits per heavy atom. The molecule has 0 aromatic heterocycles. The molecule has 3 saturated heterocycles. The number of ether oxygens (including phenoxy) is 1. The van der Waals surface area contributed by atoms with E-state index in [2.05, 4.69) is 10.2 Å². The Balaban J connectivity index is 1.85. The van der Waals surface area contributed by atoms with E-state index in [9.17, 15) is 8.78 Å². The van der Waals surface area contributed by atoms with Crippen LogP contribution in [-0.4, -0.2) is 37.7 Å². The molecule has 0 unspecified atom stereocenters. The van der Waals surface area contributed by atoms with Gasteiger partial charge in [-0.2, -0.15) is 0 Å². The molecule has 1 aromatic rings. The standard InChI is InChI=1S/C15H20F2N2O/c1-20-14-5-4-13(16)15(17)12(14)9-19-8-10-2-3-11(19)7-18-6-10/h4-5,10-11,18H,2-3,6-9H2,1H3/t10-,11+/m0/s1. The molecular weight excluding hydrogens is 262 g/mol. The lowest BCUT2D eigenvalue weighted by molar-refractivity contribution is 0.123. The predicted molar refractivity (Wildman–Crippen MR) is 72.7 cm³/mol. The molecule has 3 nitrogen and oxygen atoms in total. The number of nitrogens with one attached hydrogen (secondary N) is 1. The molecule has 3 fully saturated rings. The Bertz CT molecular complexity index is 491. The lowest BCUT2D eigenvalue weighted by Gasteiger charge is -2.36. The van der Waals surface area contributed by atoms with E-state index in [1.807, 2.05) is 0 Å². The van der Waals surface area contributed by atoms with E-state index in [0.717, 1.165) is 32.1 Å². The third-order valence-corrected chi connectivity index (χ3v) is 4.46. The average Bonchev–Trinajstić information content (AvgIpc) is 2.79. The molecule has 1 N–H and O–H groups in total. The molecule has 0 aliphatic carbocycles. The first-order valence-corrected chi connectivity index (χ1v) is 7.14. The highest BCUT2D eigenvalue weighted by molar-refractivity contribution is 5.35. The van der Waals surface area contributed by atoms with Gasteiger partial charge in [0.2, 0.25) is 0 Å². The van der Waals surface area contributed by atoms with E-state index in [4.69, 9.17) is 4.74 Å². The second-order valence-electron chi connectivity index (χ2n) is 5.73. The van der Waals surface area contributed by atoms with Gasteiger partial charge in [-0.3, -0.25) is 4.90 Å². The zero-order valence-corrected chi connectivity index (χ0v) is 11.7. The summed E-state index contributed by atoms with van der Waals surface area (Å²) in [6.45, 7) is 3.30. The molecule has 2 atom stereocenters. The van der Waals surface area contributed by atoms with Crippen molar-refractivity contribution >= 4 is 0 Å². The summed E-state index contributed by atoms with van der Waals surface area (Å²) in [5.74, 6) is -0.551. The highest BCUT2D eigenvalue weighted by atomic mass is 19.2. The summed E-state index contributed by atoms with van der Waals surface area (Å²) in [7, 11) is 1.49. The molecule has 3 aliphatic heterocycles. The SMILES string of the molecule is COc1ccc(F)c(F)c1CN1C[C@H]2CC[C@@H]1CNC2. The van der Waals surface area contributed by atoms with E-state index in [-0.39, 0.29) is 0 Å². The van der Waals surface area contributed by atoms with Gasteiger partial charge in [0.1, 0.15) is 5.75 Å². The first kappa shape index (κ1) is 13.8. The van der Waals surface area contributed by atoms with Gasteiger partial charge in [0, 0.05) is 31.2 Å². The molecule has 5 heteroatoms. The van der Waals surface area contributed by atoms with E-state index >= 15 is 0 Å². The first-order chi connectivity index (χ1) is 9.69. The normalized spacial score (nSPS) is 26.6. The molecule has 1 aromatic carbocycles. The van der Waals surface area contributed by atoms with Crippen LogP contribution in [0.1, 0.15) is 18.4 Å². The summed E-state index contributed by atoms with van der Waals surface area (Å²) in [5.41, 5.74) is 0.333. The number of nitrogens with zero attached hydrogens (tertiary/aromatic N) is 1. The van der Waals surface area contributed by atoms with Crippen molar-refractivity contribution in [2.45, 2.75) is 25.4 Å². The summed E-state index contributed by atoms with van der Waals surface area (Å²) in [6, 6.07) is 3.02. The van der Waals surface area contributed by atoms with Crippen molar-refractivity contribution < 1.29 is 13.5 Å². The Morgan fingerprint density at radius 2 is 2.15 bits per heavy atom. The number of hydrogen-bond acceptors (Lipinski definition) is 3. The van der Waals surface area contributed by atoms with Gasteiger partial charge in [-0.05, 0) is 37.4 Å². The van der Waals surface area contributed by atoms with Crippen LogP contribution in [0.3, 0.4) is 0 Å². The Labute approximate surface area is 117 Å². The Morgan fingerprint density at radius 1 is 1.30 bits per heavy atom. The molecule has 2 bridgehead atoms. The zero-order valence-electron chi connectivity index (χ0n) is 11.7. The minimum Gasteiger partial charge on any atom is -0.496 e. The summed E-state index contributed by atoms with van der Waals surface area (Å²) < 4.78 is 32.7. The quantitative estimate of drug-likeness (QED) is 0.919. The maximum atomic E-state index is 14.1. The van der Waals surface area contributed by atoms with Crippen LogP contribution in [0.25, 0.3) is 0 Å². The highest BCUT2D eigenvalue weighted by Crippen LogP contribution is 2.30. The third kappa shape index (κ3) is 2.52. The fourth-order valence-electron chi connectivity index (χ4n) is 3.34. The number of halogens is 2. The van der Waals surface area contributed by atoms with Gasteiger partial charge in [0.15, 0.2) is 11.6 Å². The molecule has 3 aliphatic rings. The first-order valence-electron chi connectivity index (χ1n) is 7.14. The van der Waals surface area contributed by atoms with Gasteiger partial charge in [-0.1, -0.05) is 0 Å². The monoisotopic (exact) mass is 282 g/mol. The number of piperidine rings is 1. The molecule has 0 saturated carbocycles. The maximum Gasteiger partial charge on any atom is 0.167 e. The summed E-state index contributed by atoms with van der Waals surface area (Å²) in [6.07, 6.45) is 2.34. The summed E-state index contributed by atoms with van der Waals surface area (Å²) in [5, 5.41) is 3.44. The topological polar surface area (TPSA) is 24.5 Å². The smallest absolute Gasteiger partial charge is 0.167 e. The minimum atomic E-state index is -0.807. The number of fused-ring (bicyclic) bond motifs is 4. The molecule has 3 heterocycles. The van der Waals surface area contributed by atoms with Crippen LogP contribution < -0.4 is 10.1 Å². The van der Waals surface area contributed by atoms with Gasteiger partial charge in [-0.25, -0.2) is 8.78 Å².